The molecule has 5 heteroatoms. The van der Waals surface area contributed by atoms with E-state index in [1.165, 1.54) is 12.8 Å². The Morgan fingerprint density at radius 2 is 2.00 bits per heavy atom. The molecule has 0 radical (unpaired) electrons. The van der Waals surface area contributed by atoms with Crippen LogP contribution >= 0.6 is 0 Å². The quantitative estimate of drug-likeness (QED) is 0.798. The Morgan fingerprint density at radius 1 is 1.29 bits per heavy atom. The van der Waals surface area contributed by atoms with Crippen molar-refractivity contribution in [3.63, 3.8) is 0 Å². The van der Waals surface area contributed by atoms with E-state index in [9.17, 15) is 4.79 Å². The second kappa shape index (κ2) is 8.11. The number of carbonyl (C=O) groups excluding carboxylic acids is 1. The van der Waals surface area contributed by atoms with E-state index >= 15 is 0 Å². The summed E-state index contributed by atoms with van der Waals surface area (Å²) in [4.78, 5) is 14.5. The Bertz CT molecular complexity index is 329. The highest BCUT2D eigenvalue weighted by Crippen LogP contribution is 2.23. The maximum Gasteiger partial charge on any atom is 0.234 e. The third-order valence-corrected chi connectivity index (χ3v) is 5.12. The van der Waals surface area contributed by atoms with Crippen molar-refractivity contribution < 1.29 is 9.53 Å². The Labute approximate surface area is 128 Å². The van der Waals surface area contributed by atoms with Crippen LogP contribution in [-0.2, 0) is 9.53 Å². The highest BCUT2D eigenvalue weighted by Gasteiger charge is 2.29. The highest BCUT2D eigenvalue weighted by atomic mass is 16.5. The molecule has 1 aliphatic heterocycles. The molecule has 2 aliphatic rings. The van der Waals surface area contributed by atoms with Crippen LogP contribution in [0.5, 0.6) is 0 Å². The molecular weight excluding hydrogens is 266 g/mol. The lowest BCUT2D eigenvalue weighted by molar-refractivity contribution is -0.124. The van der Waals surface area contributed by atoms with E-state index in [4.69, 9.17) is 10.5 Å². The van der Waals surface area contributed by atoms with Crippen molar-refractivity contribution in [2.24, 2.45) is 11.7 Å². The third kappa shape index (κ3) is 4.94. The van der Waals surface area contributed by atoms with Crippen molar-refractivity contribution >= 4 is 5.91 Å². The first-order valence-corrected chi connectivity index (χ1v) is 8.38. The van der Waals surface area contributed by atoms with Crippen LogP contribution in [0, 0.1) is 5.92 Å². The van der Waals surface area contributed by atoms with Crippen molar-refractivity contribution in [1.82, 2.24) is 10.2 Å². The number of hydrogen-bond donors (Lipinski definition) is 2. The minimum absolute atomic E-state index is 0.156. The number of likely N-dealkylation sites (tertiary alicyclic amines) is 1. The Morgan fingerprint density at radius 3 is 2.62 bits per heavy atom. The van der Waals surface area contributed by atoms with Crippen LogP contribution in [0.25, 0.3) is 0 Å². The molecule has 0 bridgehead atoms. The van der Waals surface area contributed by atoms with Crippen LogP contribution < -0.4 is 11.1 Å². The van der Waals surface area contributed by atoms with E-state index in [2.05, 4.69) is 17.1 Å². The number of nitrogens with zero attached hydrogens (tertiary/aromatic N) is 1. The van der Waals surface area contributed by atoms with Gasteiger partial charge < -0.3 is 15.8 Å². The summed E-state index contributed by atoms with van der Waals surface area (Å²) in [5.41, 5.74) is 5.86. The molecule has 0 aromatic rings. The molecule has 2 fully saturated rings. The molecule has 3 N–H and O–H groups in total. The molecule has 1 saturated heterocycles. The van der Waals surface area contributed by atoms with E-state index in [-0.39, 0.29) is 18.1 Å². The largest absolute Gasteiger partial charge is 0.381 e. The SMILES string of the molecule is COC1CCN(CC(=O)NC2CCC(C)CC2)C(CN)C1. The van der Waals surface area contributed by atoms with E-state index in [0.29, 0.717) is 19.1 Å². The summed E-state index contributed by atoms with van der Waals surface area (Å²) >= 11 is 0. The average molecular weight is 297 g/mol. The molecule has 5 nitrogen and oxygen atoms in total. The molecule has 0 spiro atoms. The fraction of sp³-hybridized carbons (Fsp3) is 0.938. The number of ether oxygens (including phenoxy) is 1. The first-order chi connectivity index (χ1) is 10.1. The van der Waals surface area contributed by atoms with E-state index < -0.39 is 0 Å². The summed E-state index contributed by atoms with van der Waals surface area (Å²) < 4.78 is 5.43. The second-order valence-electron chi connectivity index (χ2n) is 6.77. The molecule has 1 heterocycles. The molecule has 21 heavy (non-hydrogen) atoms. The monoisotopic (exact) mass is 297 g/mol. The molecule has 0 aromatic carbocycles. The zero-order valence-corrected chi connectivity index (χ0v) is 13.5. The van der Waals surface area contributed by atoms with E-state index in [1.54, 1.807) is 7.11 Å². The van der Waals surface area contributed by atoms with Crippen molar-refractivity contribution in [1.29, 1.82) is 0 Å². The zero-order chi connectivity index (χ0) is 15.2. The molecule has 1 amide bonds. The van der Waals surface area contributed by atoms with Gasteiger partial charge in [-0.25, -0.2) is 0 Å². The Balaban J connectivity index is 1.76. The van der Waals surface area contributed by atoms with Gasteiger partial charge in [0.25, 0.3) is 0 Å². The maximum atomic E-state index is 12.2. The minimum Gasteiger partial charge on any atom is -0.381 e. The van der Waals surface area contributed by atoms with Crippen molar-refractivity contribution in [3.05, 3.63) is 0 Å². The summed E-state index contributed by atoms with van der Waals surface area (Å²) in [6.45, 7) is 4.26. The van der Waals surface area contributed by atoms with Gasteiger partial charge in [-0.2, -0.15) is 0 Å². The van der Waals surface area contributed by atoms with Gasteiger partial charge in [0.05, 0.1) is 12.6 Å². The lowest BCUT2D eigenvalue weighted by atomic mass is 9.87. The van der Waals surface area contributed by atoms with Crippen molar-refractivity contribution in [3.8, 4) is 0 Å². The number of methoxy groups -OCH3 is 1. The maximum absolute atomic E-state index is 12.2. The summed E-state index contributed by atoms with van der Waals surface area (Å²) in [5.74, 6) is 0.969. The summed E-state index contributed by atoms with van der Waals surface area (Å²) in [6, 6.07) is 0.641. The van der Waals surface area contributed by atoms with Gasteiger partial charge in [0.1, 0.15) is 0 Å². The van der Waals surface area contributed by atoms with Gasteiger partial charge in [0.2, 0.25) is 5.91 Å². The topological polar surface area (TPSA) is 67.6 Å². The smallest absolute Gasteiger partial charge is 0.234 e. The zero-order valence-electron chi connectivity index (χ0n) is 13.5. The predicted molar refractivity (Wildman–Crippen MR) is 84.0 cm³/mol. The Hall–Kier alpha value is -0.650. The normalized spacial score (nSPS) is 34.6. The molecule has 2 rings (SSSR count). The number of nitrogens with two attached hydrogens (primary N) is 1. The lowest BCUT2D eigenvalue weighted by Crippen LogP contribution is -2.52. The lowest BCUT2D eigenvalue weighted by Gasteiger charge is -2.38. The molecule has 1 saturated carbocycles. The molecule has 2 atom stereocenters. The van der Waals surface area contributed by atoms with E-state index in [0.717, 1.165) is 38.1 Å². The molecule has 2 unspecified atom stereocenters. The fourth-order valence-electron chi connectivity index (χ4n) is 3.59. The number of carbonyl (C=O) groups is 1. The standard InChI is InChI=1S/C16H31N3O2/c1-12-3-5-13(6-4-12)18-16(20)11-19-8-7-15(21-2)9-14(19)10-17/h12-15H,3-11,17H2,1-2H3,(H,18,20). The van der Waals surface area contributed by atoms with Gasteiger partial charge in [-0.05, 0) is 44.4 Å². The van der Waals surface area contributed by atoms with Crippen LogP contribution in [0.15, 0.2) is 0 Å². The van der Waals surface area contributed by atoms with Crippen molar-refractivity contribution in [2.75, 3.05) is 26.7 Å². The molecular formula is C16H31N3O2. The summed E-state index contributed by atoms with van der Waals surface area (Å²) in [6.07, 6.45) is 6.92. The fourth-order valence-corrected chi connectivity index (χ4v) is 3.59. The minimum atomic E-state index is 0.156. The van der Waals surface area contributed by atoms with Crippen LogP contribution in [0.1, 0.15) is 45.4 Å². The Kier molecular flexibility index (Phi) is 6.45. The molecule has 1 aliphatic carbocycles. The van der Waals surface area contributed by atoms with Gasteiger partial charge >= 0.3 is 0 Å². The molecule has 0 aromatic heterocycles. The van der Waals surface area contributed by atoms with Crippen LogP contribution in [0.3, 0.4) is 0 Å². The number of amides is 1. The third-order valence-electron chi connectivity index (χ3n) is 5.12. The summed E-state index contributed by atoms with van der Waals surface area (Å²) in [5, 5.41) is 3.20. The van der Waals surface area contributed by atoms with Gasteiger partial charge in [0, 0.05) is 32.3 Å². The molecule has 122 valence electrons. The van der Waals surface area contributed by atoms with Crippen molar-refractivity contribution in [2.45, 2.75) is 63.6 Å². The second-order valence-corrected chi connectivity index (χ2v) is 6.77. The highest BCUT2D eigenvalue weighted by molar-refractivity contribution is 5.78. The number of hydrogen-bond acceptors (Lipinski definition) is 4. The van der Waals surface area contributed by atoms with Crippen LogP contribution in [-0.4, -0.2) is 55.7 Å². The van der Waals surface area contributed by atoms with Crippen LogP contribution in [0.2, 0.25) is 0 Å². The first-order valence-electron chi connectivity index (χ1n) is 8.38. The average Bonchev–Trinajstić information content (AvgIpc) is 2.50. The first kappa shape index (κ1) is 16.7. The van der Waals surface area contributed by atoms with Crippen LogP contribution in [0.4, 0.5) is 0 Å². The number of piperidine rings is 1. The van der Waals surface area contributed by atoms with Gasteiger partial charge in [0.15, 0.2) is 0 Å². The van der Waals surface area contributed by atoms with Gasteiger partial charge in [-0.1, -0.05) is 6.92 Å². The summed E-state index contributed by atoms with van der Waals surface area (Å²) in [7, 11) is 1.75. The predicted octanol–water partition coefficient (Wildman–Crippen LogP) is 1.12. The van der Waals surface area contributed by atoms with Gasteiger partial charge in [-0.3, -0.25) is 9.69 Å². The number of rotatable bonds is 5. The number of nitrogens with one attached hydrogen (secondary N) is 1. The van der Waals surface area contributed by atoms with Gasteiger partial charge in [-0.15, -0.1) is 0 Å². The van der Waals surface area contributed by atoms with E-state index in [1.807, 2.05) is 0 Å².